The van der Waals surface area contributed by atoms with Crippen LogP contribution >= 0.6 is 0 Å². The van der Waals surface area contributed by atoms with Crippen LogP contribution in [0.25, 0.3) is 0 Å². The zero-order valence-corrected chi connectivity index (χ0v) is 8.19. The molecule has 0 saturated carbocycles. The van der Waals surface area contributed by atoms with Crippen molar-refractivity contribution in [2.24, 2.45) is 17.4 Å². The van der Waals surface area contributed by atoms with E-state index in [1.807, 2.05) is 13.8 Å². The minimum Gasteiger partial charge on any atom is -0.344 e. The number of hydrogen-bond donors (Lipinski definition) is 3. The van der Waals surface area contributed by atoms with E-state index in [4.69, 9.17) is 22.1 Å². The molecule has 0 spiro atoms. The smallest absolute Gasteiger partial charge is 0.192 e. The summed E-state index contributed by atoms with van der Waals surface area (Å²) in [5, 5.41) is 0. The summed E-state index contributed by atoms with van der Waals surface area (Å²) in [5.74, 6) is 5.05. The lowest BCUT2D eigenvalue weighted by molar-refractivity contribution is -0.216. The van der Waals surface area contributed by atoms with Gasteiger partial charge < -0.3 is 16.2 Å². The third-order valence-electron chi connectivity index (χ3n) is 2.37. The molecule has 0 amide bonds. The zero-order valence-electron chi connectivity index (χ0n) is 8.19. The van der Waals surface area contributed by atoms with Crippen LogP contribution in [0.5, 0.6) is 0 Å². The summed E-state index contributed by atoms with van der Waals surface area (Å²) < 4.78 is 5.52. The number of rotatable bonds is 2. The van der Waals surface area contributed by atoms with Crippen molar-refractivity contribution in [1.29, 1.82) is 0 Å². The van der Waals surface area contributed by atoms with E-state index in [1.165, 1.54) is 0 Å². The van der Waals surface area contributed by atoms with E-state index in [9.17, 15) is 0 Å². The Morgan fingerprint density at radius 1 is 1.38 bits per heavy atom. The Kier molecular flexibility index (Phi) is 3.26. The lowest BCUT2D eigenvalue weighted by Crippen LogP contribution is -2.55. The van der Waals surface area contributed by atoms with Crippen molar-refractivity contribution in [2.75, 3.05) is 0 Å². The van der Waals surface area contributed by atoms with E-state index in [1.54, 1.807) is 0 Å². The summed E-state index contributed by atoms with van der Waals surface area (Å²) in [5.41, 5.74) is 11.3. The van der Waals surface area contributed by atoms with Gasteiger partial charge in [0.1, 0.15) is 0 Å². The highest BCUT2D eigenvalue weighted by atomic mass is 16.8. The van der Waals surface area contributed by atoms with Crippen LogP contribution in [0.15, 0.2) is 0 Å². The molecule has 2 unspecified atom stereocenters. The molecule has 0 bridgehead atoms. The van der Waals surface area contributed by atoms with E-state index < -0.39 is 6.29 Å². The number of ether oxygens (including phenoxy) is 1. The van der Waals surface area contributed by atoms with Crippen molar-refractivity contribution in [1.82, 2.24) is 0 Å². The Labute approximate surface area is 78.5 Å². The maximum absolute atomic E-state index is 5.91. The van der Waals surface area contributed by atoms with Crippen molar-refractivity contribution >= 4 is 0 Å². The minimum absolute atomic E-state index is 0.0409. The summed E-state index contributed by atoms with van der Waals surface area (Å²) >= 11 is 0. The molecule has 1 saturated heterocycles. The fraction of sp³-hybridized carbons (Fsp3) is 1.00. The quantitative estimate of drug-likeness (QED) is 0.506. The standard InChI is InChI=1S/C8H19N3O2/c1-8(2,10)6-4-3-5(9)7(12-6)13-11/h5-7H,3-4,9-11H2,1-2H3/t5?,6?,7-/m1/s1. The van der Waals surface area contributed by atoms with Crippen molar-refractivity contribution in [2.45, 2.75) is 50.7 Å². The summed E-state index contributed by atoms with van der Waals surface area (Å²) in [6.07, 6.45) is 1.11. The van der Waals surface area contributed by atoms with E-state index in [0.29, 0.717) is 0 Å². The van der Waals surface area contributed by atoms with E-state index >= 15 is 0 Å². The van der Waals surface area contributed by atoms with Gasteiger partial charge in [0.25, 0.3) is 0 Å². The van der Waals surface area contributed by atoms with Gasteiger partial charge in [-0.05, 0) is 26.7 Å². The van der Waals surface area contributed by atoms with E-state index in [0.717, 1.165) is 12.8 Å². The molecule has 0 aliphatic carbocycles. The highest BCUT2D eigenvalue weighted by Crippen LogP contribution is 2.24. The average molecular weight is 189 g/mol. The van der Waals surface area contributed by atoms with Gasteiger partial charge in [-0.25, -0.2) is 5.90 Å². The first-order valence-corrected chi connectivity index (χ1v) is 4.50. The fourth-order valence-corrected chi connectivity index (χ4v) is 1.49. The summed E-state index contributed by atoms with van der Waals surface area (Å²) in [7, 11) is 0. The topological polar surface area (TPSA) is 96.5 Å². The Bertz CT molecular complexity index is 169. The number of nitrogens with two attached hydrogens (primary N) is 3. The van der Waals surface area contributed by atoms with E-state index in [-0.39, 0.29) is 17.7 Å². The van der Waals surface area contributed by atoms with Crippen molar-refractivity contribution in [3.05, 3.63) is 0 Å². The maximum Gasteiger partial charge on any atom is 0.192 e. The molecule has 6 N–H and O–H groups in total. The molecule has 0 radical (unpaired) electrons. The molecular formula is C8H19N3O2. The highest BCUT2D eigenvalue weighted by molar-refractivity contribution is 4.88. The Morgan fingerprint density at radius 2 is 2.00 bits per heavy atom. The monoisotopic (exact) mass is 189 g/mol. The molecule has 3 atom stereocenters. The lowest BCUT2D eigenvalue weighted by atomic mass is 9.91. The van der Waals surface area contributed by atoms with Gasteiger partial charge in [0, 0.05) is 5.54 Å². The van der Waals surface area contributed by atoms with Gasteiger partial charge in [0.15, 0.2) is 6.29 Å². The van der Waals surface area contributed by atoms with Crippen LogP contribution in [0.2, 0.25) is 0 Å². The Balaban J connectivity index is 2.55. The first kappa shape index (κ1) is 10.9. The zero-order chi connectivity index (χ0) is 10.1. The molecule has 78 valence electrons. The van der Waals surface area contributed by atoms with Crippen LogP contribution in [0.3, 0.4) is 0 Å². The predicted molar refractivity (Wildman–Crippen MR) is 49.4 cm³/mol. The third-order valence-corrected chi connectivity index (χ3v) is 2.37. The SMILES string of the molecule is CC(C)(N)C1CCC(N)[C@@H](ON)O1. The predicted octanol–water partition coefficient (Wildman–Crippen LogP) is -0.554. The second-order valence-corrected chi connectivity index (χ2v) is 4.19. The summed E-state index contributed by atoms with van der Waals surface area (Å²) in [6, 6.07) is -0.149. The maximum atomic E-state index is 5.91. The van der Waals surface area contributed by atoms with Gasteiger partial charge in [-0.3, -0.25) is 4.84 Å². The highest BCUT2D eigenvalue weighted by Gasteiger charge is 2.35. The van der Waals surface area contributed by atoms with Gasteiger partial charge in [-0.15, -0.1) is 0 Å². The summed E-state index contributed by atoms with van der Waals surface area (Å²) in [6.45, 7) is 3.84. The van der Waals surface area contributed by atoms with Crippen LogP contribution in [-0.4, -0.2) is 24.0 Å². The van der Waals surface area contributed by atoms with Gasteiger partial charge in [0.2, 0.25) is 0 Å². The lowest BCUT2D eigenvalue weighted by Gasteiger charge is -2.39. The molecule has 5 nitrogen and oxygen atoms in total. The van der Waals surface area contributed by atoms with Crippen LogP contribution in [0.1, 0.15) is 26.7 Å². The van der Waals surface area contributed by atoms with Gasteiger partial charge in [0.05, 0.1) is 12.1 Å². The molecule has 1 rings (SSSR count). The number of hydrogen-bond acceptors (Lipinski definition) is 5. The second-order valence-electron chi connectivity index (χ2n) is 4.19. The summed E-state index contributed by atoms with van der Waals surface area (Å²) in [4.78, 5) is 4.63. The van der Waals surface area contributed by atoms with Gasteiger partial charge >= 0.3 is 0 Å². The molecule has 0 aromatic heterocycles. The third kappa shape index (κ3) is 2.62. The second kappa shape index (κ2) is 3.89. The Hall–Kier alpha value is -0.200. The first-order valence-electron chi connectivity index (χ1n) is 4.50. The fourth-order valence-electron chi connectivity index (χ4n) is 1.49. The van der Waals surface area contributed by atoms with Gasteiger partial charge in [-0.1, -0.05) is 0 Å². The molecule has 1 aliphatic heterocycles. The van der Waals surface area contributed by atoms with Crippen LogP contribution in [0, 0.1) is 0 Å². The molecular weight excluding hydrogens is 170 g/mol. The molecule has 1 heterocycles. The molecule has 0 aromatic rings. The molecule has 0 aromatic carbocycles. The van der Waals surface area contributed by atoms with Crippen molar-refractivity contribution in [3.63, 3.8) is 0 Å². The van der Waals surface area contributed by atoms with Gasteiger partial charge in [-0.2, -0.15) is 0 Å². The first-order chi connectivity index (χ1) is 5.95. The molecule has 1 aliphatic rings. The molecule has 1 fully saturated rings. The van der Waals surface area contributed by atoms with Crippen LogP contribution < -0.4 is 17.4 Å². The van der Waals surface area contributed by atoms with Crippen molar-refractivity contribution in [3.8, 4) is 0 Å². The van der Waals surface area contributed by atoms with Crippen LogP contribution in [-0.2, 0) is 9.57 Å². The molecule has 5 heteroatoms. The van der Waals surface area contributed by atoms with Crippen molar-refractivity contribution < 1.29 is 9.57 Å². The largest absolute Gasteiger partial charge is 0.344 e. The van der Waals surface area contributed by atoms with Crippen LogP contribution in [0.4, 0.5) is 0 Å². The normalized spacial score (nSPS) is 36.2. The molecule has 13 heavy (non-hydrogen) atoms. The average Bonchev–Trinajstić information content (AvgIpc) is 2.03. The minimum atomic E-state index is -0.526. The van der Waals surface area contributed by atoms with E-state index in [2.05, 4.69) is 4.84 Å². The Morgan fingerprint density at radius 3 is 2.46 bits per heavy atom.